The summed E-state index contributed by atoms with van der Waals surface area (Å²) in [5.74, 6) is 0. The van der Waals surface area contributed by atoms with E-state index in [1.54, 1.807) is 0 Å². The summed E-state index contributed by atoms with van der Waals surface area (Å²) in [6.07, 6.45) is 0. The van der Waals surface area contributed by atoms with Crippen molar-refractivity contribution >= 4 is 45.5 Å². The van der Waals surface area contributed by atoms with Crippen molar-refractivity contribution in [1.82, 2.24) is 0 Å². The molecule has 0 aliphatic heterocycles. The van der Waals surface area contributed by atoms with Crippen LogP contribution in [-0.2, 0) is 22.5 Å². The van der Waals surface area contributed by atoms with Crippen molar-refractivity contribution in [2.24, 2.45) is 0 Å². The van der Waals surface area contributed by atoms with Crippen LogP contribution in [0.5, 0.6) is 0 Å². The number of hydrogen-bond donors (Lipinski definition) is 0. The van der Waals surface area contributed by atoms with Gasteiger partial charge in [-0.1, -0.05) is 0 Å². The maximum absolute atomic E-state index is 8.41. The molecular formula is H2LaMnO2Sr. The Kier molecular flexibility index (Phi) is 49.6. The van der Waals surface area contributed by atoms with E-state index in [-0.39, 0.29) is 83.9 Å². The molecule has 1 radical (unpaired) electrons. The molecule has 0 saturated carbocycles. The predicted molar refractivity (Wildman–Crippen MR) is 9.35 cm³/mol. The normalized spacial score (nSPS) is 2.40. The van der Waals surface area contributed by atoms with Crippen molar-refractivity contribution in [3.63, 3.8) is 0 Å². The van der Waals surface area contributed by atoms with Gasteiger partial charge in [-0.25, -0.2) is 0 Å². The van der Waals surface area contributed by atoms with Crippen LogP contribution in [0.4, 0.5) is 0 Å². The molecule has 0 aliphatic carbocycles. The zero-order valence-electron chi connectivity index (χ0n) is 4.48. The van der Waals surface area contributed by atoms with E-state index in [1.165, 1.54) is 0 Å². The molecule has 0 saturated heterocycles. The average molecular weight is 315 g/mol. The molecule has 0 heterocycles. The van der Waals surface area contributed by atoms with Crippen molar-refractivity contribution in [2.45, 2.75) is 0 Å². The molecule has 0 rings (SSSR count). The van der Waals surface area contributed by atoms with E-state index in [2.05, 4.69) is 0 Å². The van der Waals surface area contributed by atoms with Crippen LogP contribution < -0.4 is 0 Å². The summed E-state index contributed by atoms with van der Waals surface area (Å²) in [6.45, 7) is 0. The minimum atomic E-state index is -1.44. The minimum absolute atomic E-state index is 0. The van der Waals surface area contributed by atoms with Crippen LogP contribution >= 0.6 is 0 Å². The van der Waals surface area contributed by atoms with Crippen LogP contribution in [0.25, 0.3) is 0 Å². The summed E-state index contributed by atoms with van der Waals surface area (Å²) < 4.78 is 16.8. The van der Waals surface area contributed by atoms with Crippen LogP contribution in [0, 0.1) is 35.6 Å². The molecule has 0 aromatic rings. The second-order valence-corrected chi connectivity index (χ2v) is 0.260. The Labute approximate surface area is 104 Å². The van der Waals surface area contributed by atoms with E-state index in [0.29, 0.717) is 0 Å². The summed E-state index contributed by atoms with van der Waals surface area (Å²) in [5, 5.41) is 0. The quantitative estimate of drug-likeness (QED) is 0.570. The first kappa shape index (κ1) is 15.7. The molecule has 5 heavy (non-hydrogen) atoms. The molecule has 26 valence electrons. The van der Waals surface area contributed by atoms with Gasteiger partial charge >= 0.3 is 68.0 Å². The summed E-state index contributed by atoms with van der Waals surface area (Å²) in [5.41, 5.74) is 0. The number of rotatable bonds is 0. The first-order valence-corrected chi connectivity index (χ1v) is 1.27. The van der Waals surface area contributed by atoms with E-state index in [1.807, 2.05) is 0 Å². The number of hydrogen-bond acceptors (Lipinski definition) is 2. The Morgan fingerprint density at radius 1 is 1.40 bits per heavy atom. The van der Waals surface area contributed by atoms with E-state index >= 15 is 0 Å². The molecular weight excluding hydrogens is 313 g/mol. The third-order valence-corrected chi connectivity index (χ3v) is 0. The van der Waals surface area contributed by atoms with Gasteiger partial charge < -0.3 is 2.85 Å². The Balaban J connectivity index is -0.00000000333. The summed E-state index contributed by atoms with van der Waals surface area (Å²) >= 11 is -1.44. The fourth-order valence-corrected chi connectivity index (χ4v) is 0. The van der Waals surface area contributed by atoms with Crippen LogP contribution in [0.2, 0.25) is 0 Å². The monoisotopic (exact) mass is 316 g/mol. The standard InChI is InChI=1S/La.Mn.2O.Sr.2H/q;;;;+2;2*-1. The van der Waals surface area contributed by atoms with Gasteiger partial charge in [0, 0.05) is 35.6 Å². The Hall–Kier alpha value is 2.79. The van der Waals surface area contributed by atoms with Gasteiger partial charge in [0.05, 0.1) is 0 Å². The maximum Gasteiger partial charge on any atom is 2.00 e. The van der Waals surface area contributed by atoms with Crippen LogP contribution in [0.15, 0.2) is 0 Å². The van der Waals surface area contributed by atoms with Crippen molar-refractivity contribution < 1.29 is 60.9 Å². The molecule has 2 nitrogen and oxygen atoms in total. The summed E-state index contributed by atoms with van der Waals surface area (Å²) in [4.78, 5) is 0. The molecule has 0 spiro atoms. The van der Waals surface area contributed by atoms with Crippen molar-refractivity contribution in [3.05, 3.63) is 0 Å². The molecule has 0 fully saturated rings. The SMILES string of the molecule is [H-].[H-].[La].[O]=[Mn]=[O].[Sr+2]. The topological polar surface area (TPSA) is 34.1 Å². The minimum Gasteiger partial charge on any atom is 2.00 e. The van der Waals surface area contributed by atoms with E-state index in [0.717, 1.165) is 0 Å². The Bertz CT molecular complexity index is 36.7. The third-order valence-electron chi connectivity index (χ3n) is 0. The fraction of sp³-hybridized carbons (Fsp3) is 0. The smallest absolute Gasteiger partial charge is 2.00 e. The van der Waals surface area contributed by atoms with Gasteiger partial charge in [-0.05, 0) is 0 Å². The molecule has 0 N–H and O–H groups in total. The zero-order chi connectivity index (χ0) is 2.71. The van der Waals surface area contributed by atoms with Gasteiger partial charge in [-0.2, -0.15) is 0 Å². The molecule has 0 aromatic heterocycles. The summed E-state index contributed by atoms with van der Waals surface area (Å²) in [6, 6.07) is 0. The van der Waals surface area contributed by atoms with E-state index in [4.69, 9.17) is 7.67 Å². The van der Waals surface area contributed by atoms with Crippen LogP contribution in [0.3, 0.4) is 0 Å². The van der Waals surface area contributed by atoms with Crippen LogP contribution in [0.1, 0.15) is 2.85 Å². The van der Waals surface area contributed by atoms with Crippen molar-refractivity contribution in [2.75, 3.05) is 0 Å². The van der Waals surface area contributed by atoms with Crippen LogP contribution in [-0.4, -0.2) is 45.5 Å². The molecule has 0 atom stereocenters. The molecule has 0 aromatic carbocycles. The van der Waals surface area contributed by atoms with Gasteiger partial charge in [0.1, 0.15) is 0 Å². The van der Waals surface area contributed by atoms with Gasteiger partial charge in [-0.3, -0.25) is 0 Å². The van der Waals surface area contributed by atoms with E-state index < -0.39 is 14.8 Å². The second-order valence-electron chi connectivity index (χ2n) is 0.0630. The summed E-state index contributed by atoms with van der Waals surface area (Å²) in [7, 11) is 0. The molecule has 0 aliphatic rings. The first-order chi connectivity index (χ1) is 1.41. The largest absolute Gasteiger partial charge is 2.00 e. The fourth-order valence-electron chi connectivity index (χ4n) is 0. The molecule has 0 bridgehead atoms. The zero-order valence-corrected chi connectivity index (χ0v) is 10.8. The van der Waals surface area contributed by atoms with Gasteiger partial charge in [0.25, 0.3) is 0 Å². The van der Waals surface area contributed by atoms with Gasteiger partial charge in [0.15, 0.2) is 0 Å². The van der Waals surface area contributed by atoms with Crippen molar-refractivity contribution in [3.8, 4) is 0 Å². The Morgan fingerprint density at radius 3 is 1.40 bits per heavy atom. The van der Waals surface area contributed by atoms with Crippen molar-refractivity contribution in [1.29, 1.82) is 0 Å². The second kappa shape index (κ2) is 15.8. The first-order valence-electron chi connectivity index (χ1n) is 0.309. The average Bonchev–Trinajstić information content (AvgIpc) is 0.918. The van der Waals surface area contributed by atoms with Gasteiger partial charge in [0.2, 0.25) is 0 Å². The maximum atomic E-state index is 8.41. The predicted octanol–water partition coefficient (Wildman–Crippen LogP) is -0.396. The third kappa shape index (κ3) is 20.0. The Morgan fingerprint density at radius 2 is 1.40 bits per heavy atom. The molecule has 0 amide bonds. The van der Waals surface area contributed by atoms with Gasteiger partial charge in [-0.15, -0.1) is 0 Å². The molecule has 5 heteroatoms. The van der Waals surface area contributed by atoms with E-state index in [9.17, 15) is 0 Å². The molecule has 0 unspecified atom stereocenters.